The van der Waals surface area contributed by atoms with Gasteiger partial charge in [0.25, 0.3) is 11.8 Å². The number of carbonyl (C=O) groups excluding carboxylic acids is 2. The molecule has 2 amide bonds. The van der Waals surface area contributed by atoms with Crippen LogP contribution in [0.15, 0.2) is 66.4 Å². The van der Waals surface area contributed by atoms with Gasteiger partial charge in [0.05, 0.1) is 18.8 Å². The maximum atomic E-state index is 13.4. The summed E-state index contributed by atoms with van der Waals surface area (Å²) in [6.45, 7) is 2.22. The Balaban J connectivity index is 1.93. The average molecular weight is 408 g/mol. The summed E-state index contributed by atoms with van der Waals surface area (Å²) < 4.78 is 10.5. The molecular weight excluding hydrogens is 380 g/mol. The van der Waals surface area contributed by atoms with Crippen molar-refractivity contribution < 1.29 is 19.1 Å². The molecule has 2 aromatic carbocycles. The smallest absolute Gasteiger partial charge is 0.277 e. The van der Waals surface area contributed by atoms with Gasteiger partial charge in [0.1, 0.15) is 5.70 Å². The lowest BCUT2D eigenvalue weighted by atomic mass is 10.0. The van der Waals surface area contributed by atoms with Crippen molar-refractivity contribution in [1.29, 1.82) is 0 Å². The zero-order valence-electron chi connectivity index (χ0n) is 17.5. The Morgan fingerprint density at radius 3 is 1.93 bits per heavy atom. The van der Waals surface area contributed by atoms with E-state index < -0.39 is 0 Å². The number of hydrogen-bond donors (Lipinski definition) is 0. The Hall–Kier alpha value is -2.96. The van der Waals surface area contributed by atoms with E-state index in [4.69, 9.17) is 9.47 Å². The van der Waals surface area contributed by atoms with Gasteiger partial charge in [-0.1, -0.05) is 60.7 Å². The summed E-state index contributed by atoms with van der Waals surface area (Å²) in [6.07, 6.45) is 0.615. The quantitative estimate of drug-likeness (QED) is 0.535. The van der Waals surface area contributed by atoms with Gasteiger partial charge in [-0.15, -0.1) is 0 Å². The Morgan fingerprint density at radius 1 is 0.800 bits per heavy atom. The highest BCUT2D eigenvalue weighted by molar-refractivity contribution is 6.35. The number of ether oxygens (including phenoxy) is 2. The SMILES string of the molecule is COCCN(CCOC)C1=C(c2ccccc2)C(=O)N(CCc2ccccc2)C1=O. The highest BCUT2D eigenvalue weighted by Gasteiger charge is 2.41. The number of hydrogen-bond acceptors (Lipinski definition) is 5. The molecule has 0 fully saturated rings. The van der Waals surface area contributed by atoms with E-state index in [0.717, 1.165) is 11.1 Å². The van der Waals surface area contributed by atoms with E-state index in [1.807, 2.05) is 65.6 Å². The first-order chi connectivity index (χ1) is 14.7. The second kappa shape index (κ2) is 10.7. The van der Waals surface area contributed by atoms with Crippen LogP contribution >= 0.6 is 0 Å². The van der Waals surface area contributed by atoms with Crippen LogP contribution in [-0.2, 0) is 25.5 Å². The van der Waals surface area contributed by atoms with Gasteiger partial charge in [-0.2, -0.15) is 0 Å². The molecule has 30 heavy (non-hydrogen) atoms. The number of imide groups is 1. The molecule has 1 aliphatic rings. The molecule has 0 atom stereocenters. The fraction of sp³-hybridized carbons (Fsp3) is 0.333. The van der Waals surface area contributed by atoms with Crippen LogP contribution in [0.1, 0.15) is 11.1 Å². The first-order valence-corrected chi connectivity index (χ1v) is 10.1. The van der Waals surface area contributed by atoms with Gasteiger partial charge in [0, 0.05) is 33.9 Å². The van der Waals surface area contributed by atoms with Crippen LogP contribution in [0.25, 0.3) is 5.57 Å². The normalized spacial score (nSPS) is 14.0. The topological polar surface area (TPSA) is 59.1 Å². The Kier molecular flexibility index (Phi) is 7.76. The Bertz CT molecular complexity index is 873. The van der Waals surface area contributed by atoms with E-state index in [1.54, 1.807) is 14.2 Å². The third-order valence-electron chi connectivity index (χ3n) is 5.12. The fourth-order valence-corrected chi connectivity index (χ4v) is 3.55. The molecule has 0 unspecified atom stereocenters. The average Bonchev–Trinajstić information content (AvgIpc) is 3.03. The van der Waals surface area contributed by atoms with E-state index in [2.05, 4.69) is 0 Å². The first-order valence-electron chi connectivity index (χ1n) is 10.1. The molecule has 0 saturated carbocycles. The highest BCUT2D eigenvalue weighted by atomic mass is 16.5. The summed E-state index contributed by atoms with van der Waals surface area (Å²) in [4.78, 5) is 30.0. The minimum Gasteiger partial charge on any atom is -0.383 e. The van der Waals surface area contributed by atoms with Crippen molar-refractivity contribution in [3.05, 3.63) is 77.5 Å². The van der Waals surface area contributed by atoms with Crippen molar-refractivity contribution in [2.75, 3.05) is 47.1 Å². The molecular formula is C24H28N2O4. The molecule has 0 radical (unpaired) electrons. The van der Waals surface area contributed by atoms with E-state index in [1.165, 1.54) is 4.90 Å². The van der Waals surface area contributed by atoms with Gasteiger partial charge in [-0.3, -0.25) is 14.5 Å². The molecule has 0 bridgehead atoms. The molecule has 158 valence electrons. The predicted molar refractivity (Wildman–Crippen MR) is 116 cm³/mol. The monoisotopic (exact) mass is 408 g/mol. The Labute approximate surface area is 177 Å². The maximum Gasteiger partial charge on any atom is 0.277 e. The number of amides is 2. The molecule has 0 spiro atoms. The lowest BCUT2D eigenvalue weighted by molar-refractivity contribution is -0.137. The molecule has 6 heteroatoms. The van der Waals surface area contributed by atoms with Crippen LogP contribution < -0.4 is 0 Å². The lowest BCUT2D eigenvalue weighted by Gasteiger charge is -2.25. The van der Waals surface area contributed by atoms with Crippen molar-refractivity contribution >= 4 is 17.4 Å². The summed E-state index contributed by atoms with van der Waals surface area (Å²) in [5.41, 5.74) is 2.70. The van der Waals surface area contributed by atoms with Crippen molar-refractivity contribution in [3.8, 4) is 0 Å². The molecule has 0 saturated heterocycles. The maximum absolute atomic E-state index is 13.4. The molecule has 0 aliphatic carbocycles. The van der Waals surface area contributed by atoms with Gasteiger partial charge in [0.2, 0.25) is 0 Å². The molecule has 0 aromatic heterocycles. The van der Waals surface area contributed by atoms with Crippen LogP contribution in [-0.4, -0.2) is 68.7 Å². The lowest BCUT2D eigenvalue weighted by Crippen LogP contribution is -2.38. The van der Waals surface area contributed by atoms with Gasteiger partial charge in [-0.05, 0) is 17.5 Å². The van der Waals surface area contributed by atoms with Crippen molar-refractivity contribution in [2.45, 2.75) is 6.42 Å². The van der Waals surface area contributed by atoms with Gasteiger partial charge in [-0.25, -0.2) is 0 Å². The van der Waals surface area contributed by atoms with Crippen LogP contribution in [0.2, 0.25) is 0 Å². The Morgan fingerprint density at radius 2 is 1.37 bits per heavy atom. The van der Waals surface area contributed by atoms with Gasteiger partial charge < -0.3 is 14.4 Å². The summed E-state index contributed by atoms with van der Waals surface area (Å²) >= 11 is 0. The highest BCUT2D eigenvalue weighted by Crippen LogP contribution is 2.31. The number of nitrogens with zero attached hydrogens (tertiary/aromatic N) is 2. The number of rotatable bonds is 11. The van der Waals surface area contributed by atoms with E-state index in [9.17, 15) is 9.59 Å². The van der Waals surface area contributed by atoms with Gasteiger partial charge in [0.15, 0.2) is 0 Å². The largest absolute Gasteiger partial charge is 0.383 e. The summed E-state index contributed by atoms with van der Waals surface area (Å²) in [7, 11) is 3.24. The van der Waals surface area contributed by atoms with Crippen LogP contribution in [0.4, 0.5) is 0 Å². The van der Waals surface area contributed by atoms with E-state index in [-0.39, 0.29) is 11.8 Å². The number of methoxy groups -OCH3 is 2. The summed E-state index contributed by atoms with van der Waals surface area (Å²) in [5, 5.41) is 0. The summed E-state index contributed by atoms with van der Waals surface area (Å²) in [5.74, 6) is -0.515. The van der Waals surface area contributed by atoms with Crippen molar-refractivity contribution in [2.24, 2.45) is 0 Å². The predicted octanol–water partition coefficient (Wildman–Crippen LogP) is 2.60. The third-order valence-corrected chi connectivity index (χ3v) is 5.12. The van der Waals surface area contributed by atoms with Gasteiger partial charge >= 0.3 is 0 Å². The van der Waals surface area contributed by atoms with Crippen LogP contribution in [0, 0.1) is 0 Å². The van der Waals surface area contributed by atoms with E-state index in [0.29, 0.717) is 50.5 Å². The second-order valence-corrected chi connectivity index (χ2v) is 7.06. The zero-order valence-corrected chi connectivity index (χ0v) is 17.5. The molecule has 1 heterocycles. The number of benzene rings is 2. The summed E-state index contributed by atoms with van der Waals surface area (Å²) in [6, 6.07) is 19.2. The fourth-order valence-electron chi connectivity index (χ4n) is 3.55. The minimum atomic E-state index is -0.262. The minimum absolute atomic E-state index is 0.253. The molecule has 3 rings (SSSR count). The van der Waals surface area contributed by atoms with Crippen molar-refractivity contribution in [1.82, 2.24) is 9.80 Å². The van der Waals surface area contributed by atoms with Crippen molar-refractivity contribution in [3.63, 3.8) is 0 Å². The second-order valence-electron chi connectivity index (χ2n) is 7.06. The first kappa shape index (κ1) is 21.7. The molecule has 0 N–H and O–H groups in total. The number of carbonyl (C=O) groups is 2. The molecule has 2 aromatic rings. The van der Waals surface area contributed by atoms with Crippen LogP contribution in [0.5, 0.6) is 0 Å². The zero-order chi connectivity index (χ0) is 21.3. The standard InChI is InChI=1S/C24H28N2O4/c1-29-17-15-25(16-18-30-2)22-21(20-11-7-4-8-12-20)23(27)26(24(22)28)14-13-19-9-5-3-6-10-19/h3-12H,13-18H2,1-2H3. The molecule has 1 aliphatic heterocycles. The van der Waals surface area contributed by atoms with Crippen LogP contribution in [0.3, 0.4) is 0 Å². The third kappa shape index (κ3) is 4.96. The molecule has 6 nitrogen and oxygen atoms in total. The van der Waals surface area contributed by atoms with E-state index >= 15 is 0 Å².